The highest BCUT2D eigenvalue weighted by atomic mass is 16.5. The molecular weight excluding hydrogens is 166 g/mol. The predicted octanol–water partition coefficient (Wildman–Crippen LogP) is 1.57. The number of methoxy groups -OCH3 is 2. The van der Waals surface area contributed by atoms with Crippen LogP contribution in [0, 0.1) is 6.07 Å². The lowest BCUT2D eigenvalue weighted by atomic mass is 10.2. The SMILES string of the molecule is COc1c[c]c(N(C)C)cc1OC. The molecule has 0 saturated carbocycles. The first kappa shape index (κ1) is 9.71. The molecule has 13 heavy (non-hydrogen) atoms. The van der Waals surface area contributed by atoms with E-state index >= 15 is 0 Å². The van der Waals surface area contributed by atoms with E-state index in [2.05, 4.69) is 6.07 Å². The second-order valence-corrected chi connectivity index (χ2v) is 2.85. The molecule has 0 bridgehead atoms. The van der Waals surface area contributed by atoms with E-state index in [1.54, 1.807) is 20.3 Å². The number of hydrogen-bond acceptors (Lipinski definition) is 3. The lowest BCUT2D eigenvalue weighted by molar-refractivity contribution is 0.355. The number of hydrogen-bond donors (Lipinski definition) is 0. The van der Waals surface area contributed by atoms with Crippen LogP contribution >= 0.6 is 0 Å². The number of rotatable bonds is 3. The molecule has 3 heteroatoms. The Morgan fingerprint density at radius 2 is 1.77 bits per heavy atom. The highest BCUT2D eigenvalue weighted by Crippen LogP contribution is 2.30. The fraction of sp³-hybridized carbons (Fsp3) is 0.400. The maximum atomic E-state index is 5.16. The van der Waals surface area contributed by atoms with Gasteiger partial charge in [0.25, 0.3) is 0 Å². The first-order valence-corrected chi connectivity index (χ1v) is 4.00. The number of benzene rings is 1. The van der Waals surface area contributed by atoms with Crippen molar-refractivity contribution >= 4 is 5.69 Å². The summed E-state index contributed by atoms with van der Waals surface area (Å²) < 4.78 is 10.3. The molecule has 0 aliphatic carbocycles. The second-order valence-electron chi connectivity index (χ2n) is 2.85. The lowest BCUT2D eigenvalue weighted by Gasteiger charge is -2.14. The molecule has 0 saturated heterocycles. The fourth-order valence-corrected chi connectivity index (χ4v) is 1.02. The van der Waals surface area contributed by atoms with Gasteiger partial charge >= 0.3 is 0 Å². The van der Waals surface area contributed by atoms with Gasteiger partial charge in [-0.05, 0) is 6.07 Å². The minimum atomic E-state index is 0.702. The molecule has 0 atom stereocenters. The van der Waals surface area contributed by atoms with Crippen molar-refractivity contribution in [3.8, 4) is 11.5 Å². The molecule has 0 aromatic heterocycles. The Morgan fingerprint density at radius 1 is 1.15 bits per heavy atom. The Hall–Kier alpha value is -1.38. The Labute approximate surface area is 78.9 Å². The third-order valence-electron chi connectivity index (χ3n) is 1.78. The normalized spacial score (nSPS) is 9.54. The molecule has 0 N–H and O–H groups in total. The molecular formula is C10H14NO2. The molecule has 1 aromatic rings. The third-order valence-corrected chi connectivity index (χ3v) is 1.78. The zero-order valence-electron chi connectivity index (χ0n) is 8.42. The Bertz CT molecular complexity index is 284. The Morgan fingerprint density at radius 3 is 2.23 bits per heavy atom. The smallest absolute Gasteiger partial charge is 0.162 e. The van der Waals surface area contributed by atoms with Crippen molar-refractivity contribution in [3.05, 3.63) is 18.2 Å². The quantitative estimate of drug-likeness (QED) is 0.704. The van der Waals surface area contributed by atoms with Crippen LogP contribution in [0.15, 0.2) is 12.1 Å². The van der Waals surface area contributed by atoms with Crippen molar-refractivity contribution in [2.75, 3.05) is 33.2 Å². The zero-order chi connectivity index (χ0) is 9.84. The summed E-state index contributed by atoms with van der Waals surface area (Å²) in [5, 5.41) is 0. The van der Waals surface area contributed by atoms with Crippen molar-refractivity contribution in [3.63, 3.8) is 0 Å². The van der Waals surface area contributed by atoms with E-state index in [1.165, 1.54) is 0 Å². The van der Waals surface area contributed by atoms with Crippen LogP contribution in [-0.4, -0.2) is 28.3 Å². The summed E-state index contributed by atoms with van der Waals surface area (Å²) >= 11 is 0. The maximum absolute atomic E-state index is 5.16. The van der Waals surface area contributed by atoms with Crippen LogP contribution in [-0.2, 0) is 0 Å². The van der Waals surface area contributed by atoms with Crippen LogP contribution in [0.1, 0.15) is 0 Å². The molecule has 1 rings (SSSR count). The average molecular weight is 180 g/mol. The summed E-state index contributed by atoms with van der Waals surface area (Å²) in [6.45, 7) is 0. The van der Waals surface area contributed by atoms with Crippen molar-refractivity contribution in [1.82, 2.24) is 0 Å². The first-order chi connectivity index (χ1) is 6.19. The fourth-order valence-electron chi connectivity index (χ4n) is 1.02. The van der Waals surface area contributed by atoms with Gasteiger partial charge in [-0.1, -0.05) is 0 Å². The van der Waals surface area contributed by atoms with Gasteiger partial charge in [-0.2, -0.15) is 0 Å². The molecule has 71 valence electrons. The minimum Gasteiger partial charge on any atom is -0.493 e. The van der Waals surface area contributed by atoms with E-state index in [0.29, 0.717) is 5.75 Å². The van der Waals surface area contributed by atoms with Crippen LogP contribution in [0.2, 0.25) is 0 Å². The summed E-state index contributed by atoms with van der Waals surface area (Å²) in [5.41, 5.74) is 0.970. The van der Waals surface area contributed by atoms with E-state index in [0.717, 1.165) is 11.4 Å². The summed E-state index contributed by atoms with van der Waals surface area (Å²) in [7, 11) is 7.15. The molecule has 0 amide bonds. The van der Waals surface area contributed by atoms with E-state index in [9.17, 15) is 0 Å². The summed E-state index contributed by atoms with van der Waals surface area (Å²) in [6.07, 6.45) is 0. The zero-order valence-corrected chi connectivity index (χ0v) is 8.42. The van der Waals surface area contributed by atoms with Gasteiger partial charge in [0.15, 0.2) is 11.5 Å². The molecule has 0 fully saturated rings. The van der Waals surface area contributed by atoms with Crippen molar-refractivity contribution in [2.24, 2.45) is 0 Å². The predicted molar refractivity (Wildman–Crippen MR) is 52.7 cm³/mol. The van der Waals surface area contributed by atoms with E-state index < -0.39 is 0 Å². The van der Waals surface area contributed by atoms with Gasteiger partial charge in [0.2, 0.25) is 0 Å². The molecule has 0 heterocycles. The van der Waals surface area contributed by atoms with Crippen LogP contribution in [0.25, 0.3) is 0 Å². The molecule has 3 nitrogen and oxygen atoms in total. The molecule has 0 spiro atoms. The average Bonchev–Trinajstić information content (AvgIpc) is 2.16. The van der Waals surface area contributed by atoms with Crippen LogP contribution < -0.4 is 14.4 Å². The Balaban J connectivity index is 3.05. The number of anilines is 1. The summed E-state index contributed by atoms with van der Waals surface area (Å²) in [4.78, 5) is 1.96. The standard InChI is InChI=1S/C10H14NO2/c1-11(2)8-5-6-9(12-3)10(7-8)13-4/h6-7H,1-4H3. The lowest BCUT2D eigenvalue weighted by Crippen LogP contribution is -2.08. The molecule has 0 aliphatic rings. The molecule has 0 aliphatic heterocycles. The van der Waals surface area contributed by atoms with Gasteiger partial charge in [0, 0.05) is 31.9 Å². The van der Waals surface area contributed by atoms with Gasteiger partial charge in [-0.15, -0.1) is 0 Å². The largest absolute Gasteiger partial charge is 0.493 e. The van der Waals surface area contributed by atoms with Gasteiger partial charge in [-0.25, -0.2) is 0 Å². The summed E-state index contributed by atoms with van der Waals surface area (Å²) in [5.74, 6) is 1.43. The molecule has 0 unspecified atom stereocenters. The highest BCUT2D eigenvalue weighted by Gasteiger charge is 2.05. The Kier molecular flexibility index (Phi) is 3.01. The summed E-state index contributed by atoms with van der Waals surface area (Å²) in [6, 6.07) is 6.74. The van der Waals surface area contributed by atoms with Gasteiger partial charge < -0.3 is 14.4 Å². The van der Waals surface area contributed by atoms with Gasteiger partial charge in [-0.3, -0.25) is 0 Å². The molecule has 1 aromatic carbocycles. The van der Waals surface area contributed by atoms with Crippen LogP contribution in [0.3, 0.4) is 0 Å². The van der Waals surface area contributed by atoms with E-state index in [4.69, 9.17) is 9.47 Å². The monoisotopic (exact) mass is 180 g/mol. The second kappa shape index (κ2) is 4.03. The van der Waals surface area contributed by atoms with Gasteiger partial charge in [0.05, 0.1) is 14.2 Å². The van der Waals surface area contributed by atoms with Gasteiger partial charge in [0.1, 0.15) is 0 Å². The van der Waals surface area contributed by atoms with Crippen LogP contribution in [0.4, 0.5) is 5.69 Å². The number of nitrogens with zero attached hydrogens (tertiary/aromatic N) is 1. The minimum absolute atomic E-state index is 0.702. The topological polar surface area (TPSA) is 21.7 Å². The van der Waals surface area contributed by atoms with Crippen molar-refractivity contribution in [1.29, 1.82) is 0 Å². The number of ether oxygens (including phenoxy) is 2. The highest BCUT2D eigenvalue weighted by molar-refractivity contribution is 5.54. The van der Waals surface area contributed by atoms with Crippen LogP contribution in [0.5, 0.6) is 11.5 Å². The molecule has 1 radical (unpaired) electrons. The third kappa shape index (κ3) is 2.05. The van der Waals surface area contributed by atoms with Crippen molar-refractivity contribution in [2.45, 2.75) is 0 Å². The van der Waals surface area contributed by atoms with E-state index in [1.807, 2.05) is 25.1 Å². The first-order valence-electron chi connectivity index (χ1n) is 4.00. The maximum Gasteiger partial charge on any atom is 0.162 e. The van der Waals surface area contributed by atoms with Crippen molar-refractivity contribution < 1.29 is 9.47 Å². The van der Waals surface area contributed by atoms with E-state index in [-0.39, 0.29) is 0 Å².